The van der Waals surface area contributed by atoms with Gasteiger partial charge in [0.15, 0.2) is 0 Å². The molecule has 202 valence electrons. The average molecular weight is 544 g/mol. The fraction of sp³-hybridized carbons (Fsp3) is 0.152. The number of rotatable bonds is 5. The molecule has 1 heterocycles. The number of aromatic hydroxyl groups is 1. The van der Waals surface area contributed by atoms with Crippen LogP contribution in [0.3, 0.4) is 0 Å². The highest BCUT2D eigenvalue weighted by atomic mass is 16.5. The van der Waals surface area contributed by atoms with Gasteiger partial charge >= 0.3 is 0 Å². The second-order valence-corrected chi connectivity index (χ2v) is 10.4. The maximum absolute atomic E-state index is 14.5. The number of para-hydroxylation sites is 3. The second-order valence-electron chi connectivity index (χ2n) is 10.4. The molecule has 8 rings (SSSR count). The number of ether oxygens (including phenoxy) is 1. The fourth-order valence-electron chi connectivity index (χ4n) is 7.02. The van der Waals surface area contributed by atoms with Gasteiger partial charge < -0.3 is 9.84 Å². The molecule has 0 spiro atoms. The molecule has 1 aliphatic heterocycles. The molecular weight excluding hydrogens is 518 g/mol. The quantitative estimate of drug-likeness (QED) is 0.221. The number of carbonyl (C=O) groups excluding carboxylic acids is 3. The summed E-state index contributed by atoms with van der Waals surface area (Å²) in [5.41, 5.74) is 5.51. The zero-order valence-electron chi connectivity index (χ0n) is 22.0. The summed E-state index contributed by atoms with van der Waals surface area (Å²) in [6, 6.07) is 28.8. The lowest BCUT2D eigenvalue weighted by Gasteiger charge is -2.52. The largest absolute Gasteiger partial charge is 0.507 e. The van der Waals surface area contributed by atoms with Crippen molar-refractivity contribution in [3.05, 3.63) is 125 Å². The summed E-state index contributed by atoms with van der Waals surface area (Å²) >= 11 is 0. The van der Waals surface area contributed by atoms with Crippen molar-refractivity contribution in [1.82, 2.24) is 5.43 Å². The Morgan fingerprint density at radius 3 is 2.17 bits per heavy atom. The fourth-order valence-corrected chi connectivity index (χ4v) is 7.02. The summed E-state index contributed by atoms with van der Waals surface area (Å²) < 4.78 is 5.53. The van der Waals surface area contributed by atoms with Crippen LogP contribution in [0.25, 0.3) is 0 Å². The molecule has 41 heavy (non-hydrogen) atoms. The van der Waals surface area contributed by atoms with Crippen LogP contribution in [0.1, 0.15) is 38.5 Å². The van der Waals surface area contributed by atoms with Gasteiger partial charge in [0.2, 0.25) is 11.8 Å². The smallest absolute Gasteiger partial charge is 0.275 e. The standard InChI is InChI=1S/C33H25N3O5/c1-41-26-17-9-7-15-24(26)36-31(39)28-27-19-10-2-5-13-22(19)33(29(28)32(36)40,23-14-6-3-11-20(23)27)18-34-35-30(38)21-12-4-8-16-25(21)37/h2-18,27-29,37H,1H3,(H,35,38)/b34-18+/t27?,28-,29+,33?/m1/s1. The molecule has 1 fully saturated rings. The average Bonchev–Trinajstić information content (AvgIpc) is 3.27. The van der Waals surface area contributed by atoms with Crippen LogP contribution in [0, 0.1) is 11.8 Å². The number of phenols is 1. The molecule has 0 saturated carbocycles. The summed E-state index contributed by atoms with van der Waals surface area (Å²) in [6.07, 6.45) is 1.59. The van der Waals surface area contributed by atoms with Crippen molar-refractivity contribution in [2.24, 2.45) is 16.9 Å². The molecular formula is C33H25N3O5. The van der Waals surface area contributed by atoms with E-state index in [1.165, 1.54) is 24.1 Å². The van der Waals surface area contributed by atoms with Crippen molar-refractivity contribution in [2.45, 2.75) is 11.3 Å². The predicted molar refractivity (Wildman–Crippen MR) is 152 cm³/mol. The van der Waals surface area contributed by atoms with Gasteiger partial charge in [0, 0.05) is 12.1 Å². The zero-order valence-corrected chi connectivity index (χ0v) is 22.0. The number of nitrogens with one attached hydrogen (secondary N) is 1. The first-order valence-electron chi connectivity index (χ1n) is 13.3. The number of phenolic OH excluding ortho intramolecular Hbond substituents is 1. The molecule has 4 aromatic carbocycles. The van der Waals surface area contributed by atoms with E-state index in [1.807, 2.05) is 48.5 Å². The van der Waals surface area contributed by atoms with E-state index >= 15 is 0 Å². The van der Waals surface area contributed by atoms with E-state index in [2.05, 4.69) is 10.5 Å². The number of methoxy groups -OCH3 is 1. The highest BCUT2D eigenvalue weighted by Crippen LogP contribution is 2.63. The summed E-state index contributed by atoms with van der Waals surface area (Å²) in [7, 11) is 1.51. The van der Waals surface area contributed by atoms with E-state index in [0.29, 0.717) is 11.4 Å². The summed E-state index contributed by atoms with van der Waals surface area (Å²) in [5, 5.41) is 14.5. The highest BCUT2D eigenvalue weighted by Gasteiger charge is 2.68. The highest BCUT2D eigenvalue weighted by molar-refractivity contribution is 6.25. The third-order valence-corrected chi connectivity index (χ3v) is 8.59. The van der Waals surface area contributed by atoms with Gasteiger partial charge in [0.05, 0.1) is 35.6 Å². The van der Waals surface area contributed by atoms with Gasteiger partial charge in [0.1, 0.15) is 11.5 Å². The Labute approximate surface area is 235 Å². The van der Waals surface area contributed by atoms with Crippen molar-refractivity contribution >= 4 is 29.6 Å². The molecule has 0 unspecified atom stereocenters. The first-order valence-corrected chi connectivity index (χ1v) is 13.3. The maximum Gasteiger partial charge on any atom is 0.275 e. The Hall–Kier alpha value is -5.24. The summed E-state index contributed by atoms with van der Waals surface area (Å²) in [6.45, 7) is 0. The minimum atomic E-state index is -1.14. The van der Waals surface area contributed by atoms with Gasteiger partial charge in [-0.05, 0) is 46.5 Å². The van der Waals surface area contributed by atoms with E-state index in [-0.39, 0.29) is 29.0 Å². The van der Waals surface area contributed by atoms with Crippen molar-refractivity contribution in [3.8, 4) is 11.5 Å². The molecule has 8 nitrogen and oxygen atoms in total. The lowest BCUT2D eigenvalue weighted by atomic mass is 9.47. The Balaban J connectivity index is 1.42. The molecule has 2 bridgehead atoms. The Morgan fingerprint density at radius 1 is 0.878 bits per heavy atom. The number of anilines is 1. The topological polar surface area (TPSA) is 108 Å². The molecule has 8 heteroatoms. The van der Waals surface area contributed by atoms with Gasteiger partial charge in [-0.25, -0.2) is 10.3 Å². The van der Waals surface area contributed by atoms with Gasteiger partial charge in [-0.1, -0.05) is 72.8 Å². The third kappa shape index (κ3) is 3.34. The monoisotopic (exact) mass is 543 g/mol. The van der Waals surface area contributed by atoms with E-state index in [4.69, 9.17) is 4.74 Å². The molecule has 2 atom stereocenters. The molecule has 3 amide bonds. The van der Waals surface area contributed by atoms with E-state index < -0.39 is 23.2 Å². The van der Waals surface area contributed by atoms with E-state index in [1.54, 1.807) is 42.6 Å². The van der Waals surface area contributed by atoms with Crippen LogP contribution in [0.5, 0.6) is 11.5 Å². The minimum Gasteiger partial charge on any atom is -0.507 e. The summed E-state index contributed by atoms with van der Waals surface area (Å²) in [4.78, 5) is 42.9. The number of hydrogen-bond acceptors (Lipinski definition) is 6. The van der Waals surface area contributed by atoms with Crippen LogP contribution < -0.4 is 15.1 Å². The maximum atomic E-state index is 14.5. The first-order chi connectivity index (χ1) is 20.0. The summed E-state index contributed by atoms with van der Waals surface area (Å²) in [5.74, 6) is -2.80. The Kier molecular flexibility index (Phi) is 5.54. The van der Waals surface area contributed by atoms with Crippen LogP contribution in [-0.4, -0.2) is 36.2 Å². The van der Waals surface area contributed by atoms with Gasteiger partial charge in [-0.3, -0.25) is 14.4 Å². The first kappa shape index (κ1) is 24.8. The zero-order chi connectivity index (χ0) is 28.3. The lowest BCUT2D eigenvalue weighted by molar-refractivity contribution is -0.122. The number of carbonyl (C=O) groups is 3. The molecule has 0 radical (unpaired) electrons. The SMILES string of the molecule is COc1ccccc1N1C(=O)[C@@H]2C3c4ccccc4C(/C=N/NC(=O)c4ccccc4O)(c4ccccc43)[C@@H]2C1=O. The number of imide groups is 1. The van der Waals surface area contributed by atoms with E-state index in [9.17, 15) is 19.5 Å². The second kappa shape index (κ2) is 9.16. The van der Waals surface area contributed by atoms with Crippen LogP contribution >= 0.6 is 0 Å². The van der Waals surface area contributed by atoms with Crippen molar-refractivity contribution in [3.63, 3.8) is 0 Å². The number of amides is 3. The molecule has 4 aliphatic rings. The van der Waals surface area contributed by atoms with Crippen molar-refractivity contribution in [1.29, 1.82) is 0 Å². The van der Waals surface area contributed by atoms with Crippen molar-refractivity contribution in [2.75, 3.05) is 12.0 Å². The van der Waals surface area contributed by atoms with E-state index in [0.717, 1.165) is 22.3 Å². The Morgan fingerprint density at radius 2 is 1.49 bits per heavy atom. The van der Waals surface area contributed by atoms with Crippen molar-refractivity contribution < 1.29 is 24.2 Å². The number of hydrazone groups is 1. The van der Waals surface area contributed by atoms with Gasteiger partial charge in [-0.15, -0.1) is 0 Å². The minimum absolute atomic E-state index is 0.0719. The molecule has 4 aromatic rings. The Bertz CT molecular complexity index is 1730. The number of nitrogens with zero attached hydrogens (tertiary/aromatic N) is 2. The lowest BCUT2D eigenvalue weighted by Crippen LogP contribution is -2.54. The molecule has 3 aliphatic carbocycles. The number of benzene rings is 4. The normalized spacial score (nSPS) is 23.7. The van der Waals surface area contributed by atoms with Gasteiger partial charge in [-0.2, -0.15) is 5.10 Å². The van der Waals surface area contributed by atoms with Crippen LogP contribution in [0.2, 0.25) is 0 Å². The molecule has 2 N–H and O–H groups in total. The molecule has 1 saturated heterocycles. The van der Waals surface area contributed by atoms with Crippen LogP contribution in [0.15, 0.2) is 102 Å². The third-order valence-electron chi connectivity index (χ3n) is 8.59. The van der Waals surface area contributed by atoms with Crippen LogP contribution in [-0.2, 0) is 15.0 Å². The van der Waals surface area contributed by atoms with Gasteiger partial charge in [0.25, 0.3) is 5.91 Å². The predicted octanol–water partition coefficient (Wildman–Crippen LogP) is 4.37. The number of hydrogen-bond donors (Lipinski definition) is 2. The van der Waals surface area contributed by atoms with Crippen LogP contribution in [0.4, 0.5) is 5.69 Å². The molecule has 0 aromatic heterocycles.